The van der Waals surface area contributed by atoms with Gasteiger partial charge in [0, 0.05) is 6.54 Å². The van der Waals surface area contributed by atoms with E-state index in [1.54, 1.807) is 33.8 Å². The number of amides is 1. The summed E-state index contributed by atoms with van der Waals surface area (Å²) in [7, 11) is 0. The molecule has 1 aromatic carbocycles. The highest BCUT2D eigenvalue weighted by Crippen LogP contribution is 2.12. The Bertz CT molecular complexity index is 494. The minimum atomic E-state index is -0.633. The normalized spacial score (nSPS) is 11.1. The minimum Gasteiger partial charge on any atom is -0.444 e. The quantitative estimate of drug-likeness (QED) is 0.796. The molecule has 0 N–H and O–H groups in total. The fraction of sp³-hybridized carbons (Fsp3) is 0.467. The zero-order valence-electron chi connectivity index (χ0n) is 12.3. The number of Topliss-reactive ketones (excluding diaryl/α,β-unsaturated/α-hetero) is 1. The second-order valence-corrected chi connectivity index (χ2v) is 5.40. The molecular formula is C15H20FNO3. The first kappa shape index (κ1) is 16.1. The molecule has 5 heteroatoms. The minimum absolute atomic E-state index is 0.0190. The first-order valence-corrected chi connectivity index (χ1v) is 6.50. The lowest BCUT2D eigenvalue weighted by Crippen LogP contribution is -2.39. The number of nitrogens with zero attached hydrogens (tertiary/aromatic N) is 1. The number of benzene rings is 1. The summed E-state index contributed by atoms with van der Waals surface area (Å²) in [6.45, 7) is 7.09. The molecule has 4 nitrogen and oxygen atoms in total. The zero-order valence-corrected chi connectivity index (χ0v) is 12.3. The molecule has 0 heterocycles. The summed E-state index contributed by atoms with van der Waals surface area (Å²) in [5.41, 5.74) is -0.652. The molecule has 0 saturated heterocycles. The topological polar surface area (TPSA) is 46.6 Å². The maximum atomic E-state index is 13.5. The van der Waals surface area contributed by atoms with Gasteiger partial charge in [-0.15, -0.1) is 0 Å². The van der Waals surface area contributed by atoms with E-state index in [9.17, 15) is 14.0 Å². The molecule has 110 valence electrons. The van der Waals surface area contributed by atoms with Crippen LogP contribution in [0, 0.1) is 5.82 Å². The molecule has 0 fully saturated rings. The standard InChI is InChI=1S/C15H20FNO3/c1-5-17(14(19)20-15(2,3)4)10-13(18)11-8-6-7-9-12(11)16/h6-9H,5,10H2,1-4H3. The maximum absolute atomic E-state index is 13.5. The number of hydrogen-bond donors (Lipinski definition) is 0. The Balaban J connectivity index is 2.77. The van der Waals surface area contributed by atoms with Crippen LogP contribution in [-0.2, 0) is 4.74 Å². The maximum Gasteiger partial charge on any atom is 0.410 e. The van der Waals surface area contributed by atoms with Crippen molar-refractivity contribution in [2.24, 2.45) is 0 Å². The van der Waals surface area contributed by atoms with Crippen molar-refractivity contribution >= 4 is 11.9 Å². The summed E-state index contributed by atoms with van der Waals surface area (Å²) in [5.74, 6) is -1.03. The molecule has 1 amide bonds. The smallest absolute Gasteiger partial charge is 0.410 e. The number of rotatable bonds is 4. The van der Waals surface area contributed by atoms with E-state index in [2.05, 4.69) is 0 Å². The van der Waals surface area contributed by atoms with Gasteiger partial charge in [-0.05, 0) is 39.8 Å². The third-order valence-electron chi connectivity index (χ3n) is 2.54. The number of carbonyl (C=O) groups is 2. The number of ketones is 1. The number of hydrogen-bond acceptors (Lipinski definition) is 3. The fourth-order valence-electron chi connectivity index (χ4n) is 1.58. The van der Waals surface area contributed by atoms with Crippen molar-refractivity contribution in [3.63, 3.8) is 0 Å². The highest BCUT2D eigenvalue weighted by Gasteiger charge is 2.23. The highest BCUT2D eigenvalue weighted by atomic mass is 19.1. The lowest BCUT2D eigenvalue weighted by molar-refractivity contribution is 0.0257. The molecule has 0 saturated carbocycles. The molecule has 0 aromatic heterocycles. The van der Waals surface area contributed by atoms with Crippen molar-refractivity contribution < 1.29 is 18.7 Å². The molecule has 0 aliphatic heterocycles. The van der Waals surface area contributed by atoms with Gasteiger partial charge in [0.2, 0.25) is 0 Å². The van der Waals surface area contributed by atoms with E-state index in [1.807, 2.05) is 0 Å². The summed E-state index contributed by atoms with van der Waals surface area (Å²) in [6.07, 6.45) is -0.579. The average Bonchev–Trinajstić information content (AvgIpc) is 2.33. The van der Waals surface area contributed by atoms with Crippen LogP contribution in [0.3, 0.4) is 0 Å². The van der Waals surface area contributed by atoms with Crippen molar-refractivity contribution in [1.29, 1.82) is 0 Å². The van der Waals surface area contributed by atoms with Crippen LogP contribution in [0.2, 0.25) is 0 Å². The third-order valence-corrected chi connectivity index (χ3v) is 2.54. The van der Waals surface area contributed by atoms with Gasteiger partial charge >= 0.3 is 6.09 Å². The van der Waals surface area contributed by atoms with E-state index in [-0.39, 0.29) is 12.1 Å². The van der Waals surface area contributed by atoms with Crippen molar-refractivity contribution in [2.75, 3.05) is 13.1 Å². The van der Waals surface area contributed by atoms with Gasteiger partial charge < -0.3 is 9.64 Å². The van der Waals surface area contributed by atoms with Gasteiger partial charge in [0.25, 0.3) is 0 Å². The first-order valence-electron chi connectivity index (χ1n) is 6.50. The molecule has 0 bridgehead atoms. The van der Waals surface area contributed by atoms with Crippen LogP contribution in [0.5, 0.6) is 0 Å². The predicted octanol–water partition coefficient (Wildman–Crippen LogP) is 3.27. The van der Waals surface area contributed by atoms with Crippen LogP contribution in [0.1, 0.15) is 38.1 Å². The van der Waals surface area contributed by atoms with Crippen LogP contribution >= 0.6 is 0 Å². The molecule has 0 aliphatic carbocycles. The Morgan fingerprint density at radius 3 is 2.35 bits per heavy atom. The van der Waals surface area contributed by atoms with Crippen LogP contribution in [0.25, 0.3) is 0 Å². The van der Waals surface area contributed by atoms with E-state index < -0.39 is 23.3 Å². The average molecular weight is 281 g/mol. The summed E-state index contributed by atoms with van der Waals surface area (Å²) in [4.78, 5) is 25.2. The summed E-state index contributed by atoms with van der Waals surface area (Å²) >= 11 is 0. The summed E-state index contributed by atoms with van der Waals surface area (Å²) in [5, 5.41) is 0. The van der Waals surface area contributed by atoms with Crippen molar-refractivity contribution in [1.82, 2.24) is 4.90 Å². The second kappa shape index (κ2) is 6.50. The second-order valence-electron chi connectivity index (χ2n) is 5.40. The fourth-order valence-corrected chi connectivity index (χ4v) is 1.58. The number of likely N-dealkylation sites (N-methyl/N-ethyl adjacent to an activating group) is 1. The van der Waals surface area contributed by atoms with Crippen LogP contribution in [0.15, 0.2) is 24.3 Å². The molecule has 0 aliphatic rings. The van der Waals surface area contributed by atoms with Gasteiger partial charge in [0.15, 0.2) is 5.78 Å². The molecule has 0 atom stereocenters. The van der Waals surface area contributed by atoms with Gasteiger partial charge in [0.05, 0.1) is 12.1 Å². The SMILES string of the molecule is CCN(CC(=O)c1ccccc1F)C(=O)OC(C)(C)C. The molecular weight excluding hydrogens is 261 g/mol. The predicted molar refractivity (Wildman–Crippen MR) is 74.2 cm³/mol. The molecule has 0 spiro atoms. The Morgan fingerprint density at radius 1 is 1.25 bits per heavy atom. The van der Waals surface area contributed by atoms with E-state index >= 15 is 0 Å². The van der Waals surface area contributed by atoms with E-state index in [0.717, 1.165) is 0 Å². The van der Waals surface area contributed by atoms with Gasteiger partial charge in [-0.2, -0.15) is 0 Å². The highest BCUT2D eigenvalue weighted by molar-refractivity contribution is 5.99. The van der Waals surface area contributed by atoms with E-state index in [1.165, 1.54) is 23.1 Å². The molecule has 1 rings (SSSR count). The largest absolute Gasteiger partial charge is 0.444 e. The van der Waals surface area contributed by atoms with Gasteiger partial charge in [-0.1, -0.05) is 12.1 Å². The van der Waals surface area contributed by atoms with Gasteiger partial charge in [0.1, 0.15) is 11.4 Å². The molecule has 0 radical (unpaired) electrons. The Labute approximate surface area is 118 Å². The monoisotopic (exact) mass is 281 g/mol. The van der Waals surface area contributed by atoms with Crippen LogP contribution in [0.4, 0.5) is 9.18 Å². The number of carbonyl (C=O) groups excluding carboxylic acids is 2. The Morgan fingerprint density at radius 2 is 1.85 bits per heavy atom. The molecule has 1 aromatic rings. The molecule has 20 heavy (non-hydrogen) atoms. The Hall–Kier alpha value is -1.91. The lowest BCUT2D eigenvalue weighted by atomic mass is 10.1. The third kappa shape index (κ3) is 4.64. The van der Waals surface area contributed by atoms with Crippen LogP contribution < -0.4 is 0 Å². The van der Waals surface area contributed by atoms with Crippen molar-refractivity contribution in [3.05, 3.63) is 35.6 Å². The summed E-state index contributed by atoms with van der Waals surface area (Å²) < 4.78 is 18.7. The lowest BCUT2D eigenvalue weighted by Gasteiger charge is -2.26. The summed E-state index contributed by atoms with van der Waals surface area (Å²) in [6, 6.07) is 5.72. The zero-order chi connectivity index (χ0) is 15.3. The van der Waals surface area contributed by atoms with Gasteiger partial charge in [-0.3, -0.25) is 4.79 Å². The van der Waals surface area contributed by atoms with Gasteiger partial charge in [-0.25, -0.2) is 9.18 Å². The number of ether oxygens (including phenoxy) is 1. The number of halogens is 1. The van der Waals surface area contributed by atoms with E-state index in [4.69, 9.17) is 4.74 Å². The van der Waals surface area contributed by atoms with Crippen molar-refractivity contribution in [3.8, 4) is 0 Å². The van der Waals surface area contributed by atoms with Crippen molar-refractivity contribution in [2.45, 2.75) is 33.3 Å². The van der Waals surface area contributed by atoms with Crippen LogP contribution in [-0.4, -0.2) is 35.5 Å². The Kier molecular flexibility index (Phi) is 5.25. The first-order chi connectivity index (χ1) is 9.24. The van der Waals surface area contributed by atoms with E-state index in [0.29, 0.717) is 6.54 Å². The molecule has 0 unspecified atom stereocenters.